The number of nitrogens with zero attached hydrogens (tertiary/aromatic N) is 1. The molecule has 138 valence electrons. The molecule has 6 heteroatoms. The molecule has 0 amide bonds. The monoisotopic (exact) mass is 365 g/mol. The zero-order valence-corrected chi connectivity index (χ0v) is 15.1. The van der Waals surface area contributed by atoms with Gasteiger partial charge in [-0.1, -0.05) is 0 Å². The van der Waals surface area contributed by atoms with E-state index in [2.05, 4.69) is 0 Å². The maximum absolute atomic E-state index is 10.7. The lowest BCUT2D eigenvalue weighted by Crippen LogP contribution is -1.95. The number of fused-ring (bicyclic) bond motifs is 3. The van der Waals surface area contributed by atoms with E-state index in [1.165, 1.54) is 18.2 Å². The average molecular weight is 365 g/mol. The normalized spacial score (nSPS) is 11.5. The van der Waals surface area contributed by atoms with Crippen LogP contribution in [0.3, 0.4) is 0 Å². The fourth-order valence-electron chi connectivity index (χ4n) is 3.46. The quantitative estimate of drug-likeness (QED) is 0.347. The Labute approximate surface area is 154 Å². The van der Waals surface area contributed by atoms with Gasteiger partial charge in [-0.3, -0.25) is 0 Å². The molecule has 0 unspecified atom stereocenters. The third kappa shape index (κ3) is 2.26. The van der Waals surface area contributed by atoms with Crippen molar-refractivity contribution in [3.8, 4) is 34.4 Å². The molecule has 0 spiro atoms. The van der Waals surface area contributed by atoms with Gasteiger partial charge in [-0.2, -0.15) is 0 Å². The molecule has 5 N–H and O–H groups in total. The van der Waals surface area contributed by atoms with Crippen molar-refractivity contribution < 1.29 is 25.5 Å². The number of rotatable bonds is 1. The lowest BCUT2D eigenvalue weighted by atomic mass is 10.1. The number of aryl methyl sites for hydroxylation is 1. The molecule has 1 heterocycles. The summed E-state index contributed by atoms with van der Waals surface area (Å²) in [6.45, 7) is 4.96. The second-order valence-corrected chi connectivity index (χ2v) is 6.86. The first-order valence-corrected chi connectivity index (χ1v) is 8.43. The number of hydrogen-bond acceptors (Lipinski definition) is 5. The van der Waals surface area contributed by atoms with Crippen LogP contribution in [-0.4, -0.2) is 30.1 Å². The smallest absolute Gasteiger partial charge is 0.132 e. The fourth-order valence-corrected chi connectivity index (χ4v) is 3.46. The van der Waals surface area contributed by atoms with Gasteiger partial charge in [-0.25, -0.2) is 0 Å². The van der Waals surface area contributed by atoms with Crippen LogP contribution in [0.15, 0.2) is 30.3 Å². The van der Waals surface area contributed by atoms with Gasteiger partial charge in [0.05, 0.1) is 22.1 Å². The minimum atomic E-state index is -0.0862. The largest absolute Gasteiger partial charge is 0.508 e. The van der Waals surface area contributed by atoms with E-state index in [9.17, 15) is 25.5 Å². The van der Waals surface area contributed by atoms with Crippen LogP contribution in [0.4, 0.5) is 0 Å². The number of benzene rings is 3. The van der Waals surface area contributed by atoms with Gasteiger partial charge in [0.15, 0.2) is 0 Å². The third-order valence-electron chi connectivity index (χ3n) is 5.17. The Kier molecular flexibility index (Phi) is 3.43. The molecule has 0 bridgehead atoms. The van der Waals surface area contributed by atoms with Crippen LogP contribution < -0.4 is 0 Å². The second-order valence-electron chi connectivity index (χ2n) is 6.86. The van der Waals surface area contributed by atoms with Gasteiger partial charge < -0.3 is 30.1 Å². The fraction of sp³-hybridized carbons (Fsp3) is 0.143. The maximum Gasteiger partial charge on any atom is 0.132 e. The van der Waals surface area contributed by atoms with Gasteiger partial charge in [-0.05, 0) is 32.4 Å². The highest BCUT2D eigenvalue weighted by Crippen LogP contribution is 2.44. The van der Waals surface area contributed by atoms with Gasteiger partial charge in [0, 0.05) is 40.8 Å². The Hall–Kier alpha value is -3.54. The van der Waals surface area contributed by atoms with Crippen LogP contribution in [0, 0.1) is 20.8 Å². The van der Waals surface area contributed by atoms with Crippen molar-refractivity contribution in [2.24, 2.45) is 0 Å². The highest BCUT2D eigenvalue weighted by Gasteiger charge is 2.21. The molecule has 0 radical (unpaired) electrons. The molecule has 4 aromatic rings. The molecular weight excluding hydrogens is 346 g/mol. The Bertz CT molecular complexity index is 1230. The van der Waals surface area contributed by atoms with E-state index in [1.807, 2.05) is 0 Å². The summed E-state index contributed by atoms with van der Waals surface area (Å²) in [6.07, 6.45) is 0. The van der Waals surface area contributed by atoms with E-state index in [1.54, 1.807) is 37.5 Å². The first-order chi connectivity index (χ1) is 12.7. The number of hydrogen-bond donors (Lipinski definition) is 5. The van der Waals surface area contributed by atoms with Crippen LogP contribution in [0.1, 0.15) is 16.7 Å². The molecule has 4 rings (SSSR count). The Morgan fingerprint density at radius 2 is 1.19 bits per heavy atom. The molecule has 27 heavy (non-hydrogen) atoms. The number of aromatic nitrogens is 1. The maximum atomic E-state index is 10.7. The van der Waals surface area contributed by atoms with Crippen molar-refractivity contribution in [3.63, 3.8) is 0 Å². The van der Waals surface area contributed by atoms with Crippen LogP contribution in [-0.2, 0) is 0 Å². The van der Waals surface area contributed by atoms with E-state index in [0.717, 1.165) is 0 Å². The summed E-state index contributed by atoms with van der Waals surface area (Å²) >= 11 is 0. The molecule has 0 aliphatic heterocycles. The van der Waals surface area contributed by atoms with E-state index in [-0.39, 0.29) is 28.7 Å². The lowest BCUT2D eigenvalue weighted by molar-refractivity contribution is 0.443. The predicted molar refractivity (Wildman–Crippen MR) is 103 cm³/mol. The zero-order valence-electron chi connectivity index (χ0n) is 15.1. The highest BCUT2D eigenvalue weighted by atomic mass is 16.3. The SMILES string of the molecule is Cc1cc2c3c(O)c(C)c(O)cc3n(-c3cc(O)c(C)c(O)c3)c2cc1O. The number of phenolic OH excluding ortho intramolecular Hbond substituents is 5. The summed E-state index contributed by atoms with van der Waals surface area (Å²) in [6, 6.07) is 7.81. The molecule has 0 fully saturated rings. The van der Waals surface area contributed by atoms with E-state index < -0.39 is 0 Å². The van der Waals surface area contributed by atoms with Crippen LogP contribution in [0.2, 0.25) is 0 Å². The number of aromatic hydroxyl groups is 5. The standard InChI is InChI=1S/C21H19NO5/c1-9-4-13-14(7-16(9)23)22(12-5-17(24)10(2)18(25)6-12)15-8-19(26)11(3)21(27)20(13)15/h4-8,23-27H,1-3H3. The van der Waals surface area contributed by atoms with Crippen molar-refractivity contribution in [1.29, 1.82) is 0 Å². The minimum absolute atomic E-state index is 0.0561. The van der Waals surface area contributed by atoms with Gasteiger partial charge in [0.2, 0.25) is 0 Å². The van der Waals surface area contributed by atoms with Crippen molar-refractivity contribution >= 4 is 21.8 Å². The summed E-state index contributed by atoms with van der Waals surface area (Å²) < 4.78 is 1.67. The molecule has 0 atom stereocenters. The van der Waals surface area contributed by atoms with Crippen LogP contribution in [0.5, 0.6) is 28.7 Å². The topological polar surface area (TPSA) is 106 Å². The van der Waals surface area contributed by atoms with E-state index in [0.29, 0.717) is 44.2 Å². The molecule has 0 aliphatic carbocycles. The summed E-state index contributed by atoms with van der Waals surface area (Å²) in [5.74, 6) is -0.230. The van der Waals surface area contributed by atoms with Gasteiger partial charge in [-0.15, -0.1) is 0 Å². The Morgan fingerprint density at radius 3 is 1.81 bits per heavy atom. The summed E-state index contributed by atoms with van der Waals surface area (Å²) in [5, 5.41) is 52.6. The minimum Gasteiger partial charge on any atom is -0.508 e. The first-order valence-electron chi connectivity index (χ1n) is 8.43. The summed E-state index contributed by atoms with van der Waals surface area (Å²) in [5.41, 5.74) is 2.82. The van der Waals surface area contributed by atoms with E-state index in [4.69, 9.17) is 0 Å². The molecule has 0 aliphatic rings. The van der Waals surface area contributed by atoms with Crippen molar-refractivity contribution in [1.82, 2.24) is 4.57 Å². The Morgan fingerprint density at radius 1 is 0.630 bits per heavy atom. The molecule has 0 saturated heterocycles. The van der Waals surface area contributed by atoms with Crippen LogP contribution >= 0.6 is 0 Å². The molecule has 0 saturated carbocycles. The van der Waals surface area contributed by atoms with Gasteiger partial charge in [0.25, 0.3) is 0 Å². The third-order valence-corrected chi connectivity index (χ3v) is 5.17. The van der Waals surface area contributed by atoms with Crippen molar-refractivity contribution in [2.45, 2.75) is 20.8 Å². The second kappa shape index (κ2) is 5.48. The van der Waals surface area contributed by atoms with E-state index >= 15 is 0 Å². The zero-order chi connectivity index (χ0) is 19.6. The Balaban J connectivity index is 2.27. The average Bonchev–Trinajstić information content (AvgIpc) is 2.90. The van der Waals surface area contributed by atoms with Gasteiger partial charge >= 0.3 is 0 Å². The molecule has 6 nitrogen and oxygen atoms in total. The van der Waals surface area contributed by atoms with Crippen LogP contribution in [0.25, 0.3) is 27.5 Å². The lowest BCUT2D eigenvalue weighted by Gasteiger charge is -2.12. The van der Waals surface area contributed by atoms with Gasteiger partial charge in [0.1, 0.15) is 28.7 Å². The number of phenols is 5. The molecule has 3 aromatic carbocycles. The summed E-state index contributed by atoms with van der Waals surface area (Å²) in [4.78, 5) is 0. The van der Waals surface area contributed by atoms with Crippen molar-refractivity contribution in [2.75, 3.05) is 0 Å². The first kappa shape index (κ1) is 16.9. The highest BCUT2D eigenvalue weighted by molar-refractivity contribution is 6.13. The molecule has 1 aromatic heterocycles. The molecular formula is C21H19NO5. The summed E-state index contributed by atoms with van der Waals surface area (Å²) in [7, 11) is 0. The van der Waals surface area contributed by atoms with Crippen molar-refractivity contribution in [3.05, 3.63) is 47.0 Å². The predicted octanol–water partition coefficient (Wildman–Crippen LogP) is 4.24.